The first kappa shape index (κ1) is 23.4. The van der Waals surface area contributed by atoms with Crippen LogP contribution in [-0.2, 0) is 16.6 Å². The molecule has 2 aromatic rings. The van der Waals surface area contributed by atoms with Crippen LogP contribution in [-0.4, -0.2) is 39.7 Å². The van der Waals surface area contributed by atoms with Crippen LogP contribution >= 0.6 is 0 Å². The molecular weight excluding hydrogens is 420 g/mol. The third-order valence-corrected chi connectivity index (χ3v) is 7.38. The number of aryl methyl sites for hydroxylation is 2. The number of carbonyl (C=O) groups is 2. The average Bonchev–Trinajstić information content (AvgIpc) is 3.10. The van der Waals surface area contributed by atoms with E-state index in [1.807, 2.05) is 39.1 Å². The molecule has 0 radical (unpaired) electrons. The Morgan fingerprint density at radius 1 is 1.15 bits per heavy atom. The molecule has 1 saturated heterocycles. The molecule has 0 bridgehead atoms. The van der Waals surface area contributed by atoms with Crippen molar-refractivity contribution in [1.29, 1.82) is 0 Å². The van der Waals surface area contributed by atoms with Crippen LogP contribution in [0.1, 0.15) is 63.6 Å². The van der Waals surface area contributed by atoms with E-state index in [0.717, 1.165) is 35.0 Å². The van der Waals surface area contributed by atoms with E-state index in [2.05, 4.69) is 22.5 Å². The summed E-state index contributed by atoms with van der Waals surface area (Å²) in [6.07, 6.45) is 4.60. The molecule has 2 fully saturated rings. The summed E-state index contributed by atoms with van der Waals surface area (Å²) in [7, 11) is 1.80. The molecule has 2 aromatic heterocycles. The molecule has 8 nitrogen and oxygen atoms in total. The van der Waals surface area contributed by atoms with Crippen LogP contribution in [0.15, 0.2) is 23.1 Å². The monoisotopic (exact) mass is 454 g/mol. The fourth-order valence-electron chi connectivity index (χ4n) is 5.45. The van der Waals surface area contributed by atoms with Crippen molar-refractivity contribution in [1.82, 2.24) is 20.2 Å². The zero-order valence-corrected chi connectivity index (χ0v) is 20.1. The van der Waals surface area contributed by atoms with Gasteiger partial charge >= 0.3 is 6.03 Å². The molecule has 2 N–H and O–H groups in total. The topological polar surface area (TPSA) is 102 Å². The van der Waals surface area contributed by atoms with Gasteiger partial charge in [0.25, 0.3) is 5.56 Å². The van der Waals surface area contributed by atoms with Crippen LogP contribution < -0.4 is 16.2 Å². The molecule has 1 aliphatic carbocycles. The number of nitrogens with one attached hydrogen (secondary N) is 2. The fourth-order valence-corrected chi connectivity index (χ4v) is 5.45. The van der Waals surface area contributed by atoms with Crippen LogP contribution in [0.4, 0.5) is 4.79 Å². The van der Waals surface area contributed by atoms with Crippen molar-refractivity contribution < 1.29 is 14.3 Å². The summed E-state index contributed by atoms with van der Waals surface area (Å²) < 4.78 is 7.33. The van der Waals surface area contributed by atoms with Gasteiger partial charge in [0.2, 0.25) is 5.91 Å². The minimum Gasteiger partial charge on any atom is -0.375 e. The van der Waals surface area contributed by atoms with E-state index in [0.29, 0.717) is 18.8 Å². The third kappa shape index (κ3) is 4.81. The highest BCUT2D eigenvalue weighted by Gasteiger charge is 2.36. The van der Waals surface area contributed by atoms with Crippen molar-refractivity contribution in [3.63, 3.8) is 0 Å². The molecule has 1 aliphatic heterocycles. The van der Waals surface area contributed by atoms with Crippen LogP contribution in [0.25, 0.3) is 10.9 Å². The summed E-state index contributed by atoms with van der Waals surface area (Å²) in [6, 6.07) is 3.30. The van der Waals surface area contributed by atoms with E-state index in [9.17, 15) is 14.4 Å². The molecule has 6 atom stereocenters. The van der Waals surface area contributed by atoms with Crippen molar-refractivity contribution in [3.05, 3.63) is 39.9 Å². The Bertz CT molecular complexity index is 1130. The normalized spacial score (nSPS) is 29.7. The molecule has 1 saturated carbocycles. The zero-order chi connectivity index (χ0) is 23.9. The van der Waals surface area contributed by atoms with E-state index in [4.69, 9.17) is 4.74 Å². The Balaban J connectivity index is 1.47. The summed E-state index contributed by atoms with van der Waals surface area (Å²) in [5.74, 6) is -0.276. The van der Waals surface area contributed by atoms with Crippen molar-refractivity contribution in [2.75, 3.05) is 0 Å². The SMILES string of the molecule is Cc1cc2c(cn1)cc(C1CC(NC(=O)NC(=O)C3CC(C)OC3C)CCC1C)c(=O)n2C. The van der Waals surface area contributed by atoms with Gasteiger partial charge in [0.15, 0.2) is 0 Å². The Hall–Kier alpha value is -2.74. The first-order valence-electron chi connectivity index (χ1n) is 11.9. The Morgan fingerprint density at radius 2 is 1.91 bits per heavy atom. The van der Waals surface area contributed by atoms with Gasteiger partial charge in [0.05, 0.1) is 23.6 Å². The first-order valence-corrected chi connectivity index (χ1v) is 11.9. The minimum atomic E-state index is -0.476. The number of nitrogens with zero attached hydrogens (tertiary/aromatic N) is 2. The van der Waals surface area contributed by atoms with Gasteiger partial charge in [-0.05, 0) is 70.4 Å². The van der Waals surface area contributed by atoms with E-state index in [1.165, 1.54) is 0 Å². The van der Waals surface area contributed by atoms with Crippen LogP contribution in [0, 0.1) is 18.8 Å². The molecule has 0 aromatic carbocycles. The van der Waals surface area contributed by atoms with Crippen LogP contribution in [0.2, 0.25) is 0 Å². The summed E-state index contributed by atoms with van der Waals surface area (Å²) in [5.41, 5.74) is 2.49. The number of hydrogen-bond acceptors (Lipinski definition) is 5. The van der Waals surface area contributed by atoms with Gasteiger partial charge in [-0.25, -0.2) is 4.79 Å². The number of amides is 3. The highest BCUT2D eigenvalue weighted by atomic mass is 16.5. The van der Waals surface area contributed by atoms with Crippen LogP contribution in [0.3, 0.4) is 0 Å². The molecule has 178 valence electrons. The number of imide groups is 1. The molecule has 3 amide bonds. The van der Waals surface area contributed by atoms with E-state index >= 15 is 0 Å². The van der Waals surface area contributed by atoms with Gasteiger partial charge < -0.3 is 14.6 Å². The summed E-state index contributed by atoms with van der Waals surface area (Å²) in [6.45, 7) is 7.86. The molecule has 6 unspecified atom stereocenters. The van der Waals surface area contributed by atoms with Gasteiger partial charge in [-0.15, -0.1) is 0 Å². The first-order chi connectivity index (χ1) is 15.6. The summed E-state index contributed by atoms with van der Waals surface area (Å²) >= 11 is 0. The second kappa shape index (κ2) is 9.25. The molecule has 3 heterocycles. The average molecular weight is 455 g/mol. The number of pyridine rings is 2. The minimum absolute atomic E-state index is 0.00503. The lowest BCUT2D eigenvalue weighted by atomic mass is 9.74. The van der Waals surface area contributed by atoms with Gasteiger partial charge in [-0.2, -0.15) is 0 Å². The number of carbonyl (C=O) groups excluding carboxylic acids is 2. The highest BCUT2D eigenvalue weighted by molar-refractivity contribution is 5.95. The molecule has 2 aliphatic rings. The van der Waals surface area contributed by atoms with E-state index in [-0.39, 0.29) is 41.6 Å². The largest absolute Gasteiger partial charge is 0.375 e. The zero-order valence-electron chi connectivity index (χ0n) is 20.1. The van der Waals surface area contributed by atoms with Crippen molar-refractivity contribution in [3.8, 4) is 0 Å². The molecule has 33 heavy (non-hydrogen) atoms. The van der Waals surface area contributed by atoms with Crippen molar-refractivity contribution in [2.24, 2.45) is 18.9 Å². The summed E-state index contributed by atoms with van der Waals surface area (Å²) in [5, 5.41) is 6.39. The predicted octanol–water partition coefficient (Wildman–Crippen LogP) is 3.15. The second-order valence-corrected chi connectivity index (χ2v) is 9.90. The highest BCUT2D eigenvalue weighted by Crippen LogP contribution is 2.37. The maximum Gasteiger partial charge on any atom is 0.321 e. The predicted molar refractivity (Wildman–Crippen MR) is 126 cm³/mol. The molecule has 0 spiro atoms. The Kier molecular flexibility index (Phi) is 6.56. The number of aromatic nitrogens is 2. The number of hydrogen-bond donors (Lipinski definition) is 2. The third-order valence-electron chi connectivity index (χ3n) is 7.38. The number of rotatable bonds is 3. The maximum atomic E-state index is 13.2. The number of ether oxygens (including phenoxy) is 1. The smallest absolute Gasteiger partial charge is 0.321 e. The van der Waals surface area contributed by atoms with Crippen molar-refractivity contribution in [2.45, 2.75) is 77.5 Å². The lowest BCUT2D eigenvalue weighted by Crippen LogP contribution is -2.49. The lowest BCUT2D eigenvalue weighted by molar-refractivity contribution is -0.125. The quantitative estimate of drug-likeness (QED) is 0.742. The molecule has 4 rings (SSSR count). The van der Waals surface area contributed by atoms with Gasteiger partial charge in [0.1, 0.15) is 0 Å². The van der Waals surface area contributed by atoms with Gasteiger partial charge in [0, 0.05) is 35.9 Å². The van der Waals surface area contributed by atoms with E-state index < -0.39 is 6.03 Å². The number of urea groups is 1. The van der Waals surface area contributed by atoms with Gasteiger partial charge in [-0.3, -0.25) is 19.9 Å². The Morgan fingerprint density at radius 3 is 2.61 bits per heavy atom. The van der Waals surface area contributed by atoms with Crippen molar-refractivity contribution >= 4 is 22.8 Å². The fraction of sp³-hybridized carbons (Fsp3) is 0.600. The Labute approximate surface area is 194 Å². The lowest BCUT2D eigenvalue weighted by Gasteiger charge is -2.35. The number of fused-ring (bicyclic) bond motifs is 1. The second-order valence-electron chi connectivity index (χ2n) is 9.90. The van der Waals surface area contributed by atoms with E-state index in [1.54, 1.807) is 11.6 Å². The maximum absolute atomic E-state index is 13.2. The summed E-state index contributed by atoms with van der Waals surface area (Å²) in [4.78, 5) is 42.7. The van der Waals surface area contributed by atoms with Crippen LogP contribution in [0.5, 0.6) is 0 Å². The van der Waals surface area contributed by atoms with Gasteiger partial charge in [-0.1, -0.05) is 6.92 Å². The molecule has 8 heteroatoms. The molecular formula is C25H34N4O4. The standard InChI is InChI=1S/C25H34N4O4/c1-13-6-7-18(27-25(32)28-23(30)20-9-15(3)33-16(20)4)11-19(13)21-10-17-12-26-14(2)8-22(17)29(5)24(21)31/h8,10,12-13,15-16,18-20H,6-7,9,11H2,1-5H3,(H2,27,28,30,32).